The molecule has 0 aromatic heterocycles. The van der Waals surface area contributed by atoms with Crippen LogP contribution < -0.4 is 15.1 Å². The Morgan fingerprint density at radius 3 is 2.27 bits per heavy atom. The number of nitrogens with zero attached hydrogens (tertiary/aromatic N) is 1. The van der Waals surface area contributed by atoms with Crippen LogP contribution in [0, 0.1) is 5.82 Å². The zero-order valence-corrected chi connectivity index (χ0v) is 17.0. The zero-order chi connectivity index (χ0) is 20.8. The molecular weight excluding hydrogens is 377 g/mol. The van der Waals surface area contributed by atoms with Crippen LogP contribution in [0.3, 0.4) is 0 Å². The molecule has 1 aliphatic rings. The smallest absolute Gasteiger partial charge is 0.228 e. The van der Waals surface area contributed by atoms with Gasteiger partial charge in [-0.15, -0.1) is 0 Å². The van der Waals surface area contributed by atoms with Crippen molar-refractivity contribution < 1.29 is 14.1 Å². The molecule has 1 amide bonds. The molecule has 0 bridgehead atoms. The molecule has 0 spiro atoms. The Hall–Kier alpha value is -3.18. The van der Waals surface area contributed by atoms with E-state index in [1.807, 2.05) is 24.3 Å². The average molecular weight is 405 g/mol. The minimum Gasteiger partial charge on any atom is -0.360 e. The van der Waals surface area contributed by atoms with Crippen molar-refractivity contribution in [3.63, 3.8) is 0 Å². The monoisotopic (exact) mass is 404 g/mol. The van der Waals surface area contributed by atoms with Crippen molar-refractivity contribution in [3.05, 3.63) is 95.8 Å². The first-order chi connectivity index (χ1) is 14.7. The van der Waals surface area contributed by atoms with Gasteiger partial charge in [0.2, 0.25) is 5.91 Å². The number of piperazine rings is 1. The molecular formula is C25H27FN3O+. The first-order valence-corrected chi connectivity index (χ1v) is 10.4. The third-order valence-corrected chi connectivity index (χ3v) is 5.59. The van der Waals surface area contributed by atoms with E-state index in [9.17, 15) is 9.18 Å². The highest BCUT2D eigenvalue weighted by Gasteiger charge is 2.20. The third kappa shape index (κ3) is 5.24. The quantitative estimate of drug-likeness (QED) is 0.663. The molecule has 4 nitrogen and oxygen atoms in total. The molecule has 0 atom stereocenters. The predicted octanol–water partition coefficient (Wildman–Crippen LogP) is 2.91. The van der Waals surface area contributed by atoms with Crippen LogP contribution in [0.1, 0.15) is 11.1 Å². The van der Waals surface area contributed by atoms with Gasteiger partial charge in [0.05, 0.1) is 32.6 Å². The van der Waals surface area contributed by atoms with Crippen LogP contribution in [0.15, 0.2) is 78.9 Å². The molecule has 0 radical (unpaired) electrons. The van der Waals surface area contributed by atoms with Crippen molar-refractivity contribution in [2.24, 2.45) is 0 Å². The van der Waals surface area contributed by atoms with Crippen LogP contribution in [0.5, 0.6) is 0 Å². The molecule has 3 aromatic carbocycles. The summed E-state index contributed by atoms with van der Waals surface area (Å²) in [5, 5.41) is 2.85. The molecule has 1 heterocycles. The number of carbonyl (C=O) groups excluding carboxylic acids is 1. The van der Waals surface area contributed by atoms with Gasteiger partial charge in [0.1, 0.15) is 12.4 Å². The van der Waals surface area contributed by atoms with Gasteiger partial charge in [-0.3, -0.25) is 4.79 Å². The third-order valence-electron chi connectivity index (χ3n) is 5.59. The van der Waals surface area contributed by atoms with Crippen LogP contribution >= 0.6 is 0 Å². The van der Waals surface area contributed by atoms with E-state index in [2.05, 4.69) is 40.5 Å². The average Bonchev–Trinajstić information content (AvgIpc) is 2.77. The molecule has 1 fully saturated rings. The lowest BCUT2D eigenvalue weighted by molar-refractivity contribution is -0.914. The van der Waals surface area contributed by atoms with Crippen molar-refractivity contribution >= 4 is 17.3 Å². The second-order valence-corrected chi connectivity index (χ2v) is 7.76. The highest BCUT2D eigenvalue weighted by molar-refractivity contribution is 5.92. The highest BCUT2D eigenvalue weighted by atomic mass is 19.1. The van der Waals surface area contributed by atoms with E-state index in [0.29, 0.717) is 5.56 Å². The van der Waals surface area contributed by atoms with Gasteiger partial charge in [0.15, 0.2) is 0 Å². The number of hydrogen-bond acceptors (Lipinski definition) is 2. The molecule has 2 N–H and O–H groups in total. The van der Waals surface area contributed by atoms with Crippen molar-refractivity contribution in [2.75, 3.05) is 36.4 Å². The molecule has 30 heavy (non-hydrogen) atoms. The number of hydrogen-bond donors (Lipinski definition) is 2. The topological polar surface area (TPSA) is 36.8 Å². The second-order valence-electron chi connectivity index (χ2n) is 7.76. The van der Waals surface area contributed by atoms with E-state index in [0.717, 1.165) is 38.4 Å². The standard InChI is InChI=1S/C25H26FN3O/c26-24-9-5-4-8-21(24)18-25(30)27-22-10-12-23(13-11-22)29-16-14-28(15-17-29)19-20-6-2-1-3-7-20/h1-13H,14-19H2,(H,27,30)/p+1. The van der Waals surface area contributed by atoms with E-state index < -0.39 is 0 Å². The Morgan fingerprint density at radius 1 is 0.900 bits per heavy atom. The number of amides is 1. The molecule has 5 heteroatoms. The lowest BCUT2D eigenvalue weighted by atomic mass is 10.1. The number of quaternary nitrogens is 1. The van der Waals surface area contributed by atoms with Gasteiger partial charge in [0.25, 0.3) is 0 Å². The Morgan fingerprint density at radius 2 is 1.57 bits per heavy atom. The van der Waals surface area contributed by atoms with Crippen LogP contribution in [-0.4, -0.2) is 32.1 Å². The SMILES string of the molecule is O=C(Cc1ccccc1F)Nc1ccc(N2CC[NH+](Cc3ccccc3)CC2)cc1. The number of carbonyl (C=O) groups is 1. The summed E-state index contributed by atoms with van der Waals surface area (Å²) in [4.78, 5) is 16.2. The van der Waals surface area contributed by atoms with Gasteiger partial charge in [-0.05, 0) is 35.9 Å². The Labute approximate surface area is 176 Å². The normalized spacial score (nSPS) is 14.5. The number of anilines is 2. The fraction of sp³-hybridized carbons (Fsp3) is 0.240. The van der Waals surface area contributed by atoms with Crippen molar-refractivity contribution in [2.45, 2.75) is 13.0 Å². The number of halogens is 1. The van der Waals surface area contributed by atoms with Crippen LogP contribution in [0.4, 0.5) is 15.8 Å². The summed E-state index contributed by atoms with van der Waals surface area (Å²) in [7, 11) is 0. The van der Waals surface area contributed by atoms with Crippen LogP contribution in [-0.2, 0) is 17.8 Å². The van der Waals surface area contributed by atoms with Crippen molar-refractivity contribution in [1.82, 2.24) is 0 Å². The second kappa shape index (κ2) is 9.55. The van der Waals surface area contributed by atoms with E-state index in [1.54, 1.807) is 23.1 Å². The summed E-state index contributed by atoms with van der Waals surface area (Å²) in [6, 6.07) is 24.9. The molecule has 1 saturated heterocycles. The molecule has 1 aliphatic heterocycles. The summed E-state index contributed by atoms with van der Waals surface area (Å²) < 4.78 is 13.7. The Balaban J connectivity index is 1.28. The van der Waals surface area contributed by atoms with Gasteiger partial charge in [-0.25, -0.2) is 4.39 Å². The number of nitrogens with one attached hydrogen (secondary N) is 2. The molecule has 0 unspecified atom stereocenters. The lowest BCUT2D eigenvalue weighted by Crippen LogP contribution is -3.13. The maximum Gasteiger partial charge on any atom is 0.228 e. The highest BCUT2D eigenvalue weighted by Crippen LogP contribution is 2.18. The van der Waals surface area contributed by atoms with Crippen LogP contribution in [0.25, 0.3) is 0 Å². The van der Waals surface area contributed by atoms with Gasteiger partial charge >= 0.3 is 0 Å². The van der Waals surface area contributed by atoms with Gasteiger partial charge < -0.3 is 15.1 Å². The predicted molar refractivity (Wildman–Crippen MR) is 118 cm³/mol. The molecule has 0 saturated carbocycles. The van der Waals surface area contributed by atoms with Crippen molar-refractivity contribution in [1.29, 1.82) is 0 Å². The van der Waals surface area contributed by atoms with E-state index in [-0.39, 0.29) is 18.1 Å². The first-order valence-electron chi connectivity index (χ1n) is 10.4. The maximum atomic E-state index is 13.7. The Kier molecular flexibility index (Phi) is 6.40. The van der Waals surface area contributed by atoms with E-state index in [1.165, 1.54) is 17.3 Å². The number of rotatable bonds is 6. The summed E-state index contributed by atoms with van der Waals surface area (Å²) >= 11 is 0. The van der Waals surface area contributed by atoms with Gasteiger partial charge in [-0.2, -0.15) is 0 Å². The van der Waals surface area contributed by atoms with E-state index in [4.69, 9.17) is 0 Å². The minimum absolute atomic E-state index is 0.0283. The molecule has 154 valence electrons. The summed E-state index contributed by atoms with van der Waals surface area (Å²) in [5.41, 5.74) is 3.69. The fourth-order valence-electron chi connectivity index (χ4n) is 3.92. The van der Waals surface area contributed by atoms with Gasteiger partial charge in [-0.1, -0.05) is 48.5 Å². The summed E-state index contributed by atoms with van der Waals surface area (Å²) in [5.74, 6) is -0.567. The molecule has 4 rings (SSSR count). The van der Waals surface area contributed by atoms with Gasteiger partial charge in [0, 0.05) is 16.9 Å². The molecule has 3 aromatic rings. The first kappa shape index (κ1) is 20.1. The molecule has 0 aliphatic carbocycles. The maximum absolute atomic E-state index is 13.7. The lowest BCUT2D eigenvalue weighted by Gasteiger charge is -2.33. The zero-order valence-electron chi connectivity index (χ0n) is 17.0. The Bertz CT molecular complexity index is 967. The largest absolute Gasteiger partial charge is 0.360 e. The fourth-order valence-corrected chi connectivity index (χ4v) is 3.92. The van der Waals surface area contributed by atoms with E-state index >= 15 is 0 Å². The van der Waals surface area contributed by atoms with Crippen molar-refractivity contribution in [3.8, 4) is 0 Å². The summed E-state index contributed by atoms with van der Waals surface area (Å²) in [6.45, 7) is 5.32. The van der Waals surface area contributed by atoms with Crippen LogP contribution in [0.2, 0.25) is 0 Å². The summed E-state index contributed by atoms with van der Waals surface area (Å²) in [6.07, 6.45) is 0.0283. The minimum atomic E-state index is -0.350. The number of benzene rings is 3.